The van der Waals surface area contributed by atoms with E-state index in [1.54, 1.807) is 35.6 Å². The monoisotopic (exact) mass is 411 g/mol. The molecule has 128 valence electrons. The first kappa shape index (κ1) is 17.3. The minimum absolute atomic E-state index is 0.274. The van der Waals surface area contributed by atoms with Crippen molar-refractivity contribution in [2.24, 2.45) is 0 Å². The first-order chi connectivity index (χ1) is 11.9. The van der Waals surface area contributed by atoms with Crippen LogP contribution in [-0.2, 0) is 5.41 Å². The van der Waals surface area contributed by atoms with Crippen LogP contribution in [0.4, 0.5) is 4.39 Å². The zero-order valence-corrected chi connectivity index (χ0v) is 16.3. The molecule has 0 bridgehead atoms. The van der Waals surface area contributed by atoms with Crippen LogP contribution in [0.2, 0.25) is 15.1 Å². The van der Waals surface area contributed by atoms with Crippen molar-refractivity contribution < 1.29 is 4.39 Å². The highest BCUT2D eigenvalue weighted by molar-refractivity contribution is 7.12. The van der Waals surface area contributed by atoms with Crippen molar-refractivity contribution in [3.05, 3.63) is 72.7 Å². The van der Waals surface area contributed by atoms with Gasteiger partial charge in [0.25, 0.3) is 0 Å². The van der Waals surface area contributed by atoms with Gasteiger partial charge in [0.1, 0.15) is 10.8 Å². The highest BCUT2D eigenvalue weighted by atomic mass is 35.5. The Morgan fingerprint density at radius 1 is 1.08 bits per heavy atom. The van der Waals surface area contributed by atoms with Crippen LogP contribution in [0.25, 0.3) is 11.3 Å². The van der Waals surface area contributed by atoms with Gasteiger partial charge in [-0.15, -0.1) is 11.3 Å². The lowest BCUT2D eigenvalue weighted by atomic mass is 9.96. The van der Waals surface area contributed by atoms with E-state index in [0.29, 0.717) is 20.6 Å². The van der Waals surface area contributed by atoms with Gasteiger partial charge in [0.15, 0.2) is 0 Å². The van der Waals surface area contributed by atoms with Crippen molar-refractivity contribution in [3.63, 3.8) is 0 Å². The molecule has 0 unspecified atom stereocenters. The number of rotatable bonds is 3. The second-order valence-corrected chi connectivity index (χ2v) is 8.68. The summed E-state index contributed by atoms with van der Waals surface area (Å²) in [5.74, 6) is -0.274. The molecule has 1 aliphatic rings. The fraction of sp³-hybridized carbons (Fsp3) is 0.211. The van der Waals surface area contributed by atoms with Crippen LogP contribution < -0.4 is 0 Å². The van der Waals surface area contributed by atoms with Crippen LogP contribution in [-0.4, -0.2) is 4.98 Å². The molecule has 6 heteroatoms. The molecule has 1 aliphatic carbocycles. The van der Waals surface area contributed by atoms with Crippen LogP contribution in [0, 0.1) is 12.7 Å². The van der Waals surface area contributed by atoms with Gasteiger partial charge >= 0.3 is 0 Å². The lowest BCUT2D eigenvalue weighted by molar-refractivity contribution is 0.594. The Bertz CT molecular complexity index is 959. The van der Waals surface area contributed by atoms with E-state index in [1.165, 1.54) is 6.07 Å². The van der Waals surface area contributed by atoms with Gasteiger partial charge in [-0.3, -0.25) is 0 Å². The summed E-state index contributed by atoms with van der Waals surface area (Å²) in [6, 6.07) is 10.2. The number of hydrogen-bond donors (Lipinski definition) is 0. The average molecular weight is 413 g/mol. The topological polar surface area (TPSA) is 12.9 Å². The van der Waals surface area contributed by atoms with E-state index in [9.17, 15) is 4.39 Å². The van der Waals surface area contributed by atoms with E-state index < -0.39 is 5.41 Å². The predicted molar refractivity (Wildman–Crippen MR) is 104 cm³/mol. The number of aryl methyl sites for hydroxylation is 1. The van der Waals surface area contributed by atoms with Crippen molar-refractivity contribution in [1.29, 1.82) is 0 Å². The van der Waals surface area contributed by atoms with Gasteiger partial charge in [-0.2, -0.15) is 0 Å². The highest BCUT2D eigenvalue weighted by Crippen LogP contribution is 2.57. The standard InChI is InChI=1S/C19H13Cl3FNS/c1-10-17(12-6-5-11(20)9-14(12)22)24-18(25-10)19(7-8-19)16-13(21)3-2-4-15(16)23/h2-6,9H,7-8H2,1H3. The van der Waals surface area contributed by atoms with Crippen molar-refractivity contribution in [3.8, 4) is 11.3 Å². The molecule has 25 heavy (non-hydrogen) atoms. The second-order valence-electron chi connectivity index (χ2n) is 6.23. The van der Waals surface area contributed by atoms with Gasteiger partial charge in [0, 0.05) is 26.0 Å². The first-order valence-corrected chi connectivity index (χ1v) is 9.75. The maximum Gasteiger partial charge on any atom is 0.128 e. The summed E-state index contributed by atoms with van der Waals surface area (Å²) in [5, 5.41) is 2.48. The molecule has 0 N–H and O–H groups in total. The molecule has 1 fully saturated rings. The lowest BCUT2D eigenvalue weighted by Crippen LogP contribution is -2.11. The predicted octanol–water partition coefficient (Wildman–Crippen LogP) is 7.30. The Labute approximate surface area is 164 Å². The largest absolute Gasteiger partial charge is 0.240 e. The third kappa shape index (κ3) is 2.87. The zero-order chi connectivity index (χ0) is 17.8. The van der Waals surface area contributed by atoms with Gasteiger partial charge in [-0.05, 0) is 50.1 Å². The SMILES string of the molecule is Cc1sc(C2(c3c(F)cccc3Cl)CC2)nc1-c1ccc(Cl)cc1Cl. The van der Waals surface area contributed by atoms with Crippen molar-refractivity contribution in [2.45, 2.75) is 25.2 Å². The van der Waals surface area contributed by atoms with E-state index in [2.05, 4.69) is 0 Å². The van der Waals surface area contributed by atoms with E-state index in [1.807, 2.05) is 13.0 Å². The first-order valence-electron chi connectivity index (χ1n) is 7.80. The average Bonchev–Trinajstić information content (AvgIpc) is 3.24. The second kappa shape index (κ2) is 6.24. The number of nitrogens with zero attached hydrogens (tertiary/aromatic N) is 1. The minimum atomic E-state index is -0.422. The third-order valence-electron chi connectivity index (χ3n) is 4.58. The summed E-state index contributed by atoms with van der Waals surface area (Å²) in [6.45, 7) is 2.00. The van der Waals surface area contributed by atoms with Gasteiger partial charge in [-0.25, -0.2) is 9.37 Å². The van der Waals surface area contributed by atoms with Gasteiger partial charge in [0.2, 0.25) is 0 Å². The minimum Gasteiger partial charge on any atom is -0.240 e. The van der Waals surface area contributed by atoms with E-state index in [4.69, 9.17) is 39.8 Å². The maximum absolute atomic E-state index is 14.5. The Hall–Kier alpha value is -1.13. The molecule has 2 aromatic carbocycles. The van der Waals surface area contributed by atoms with E-state index in [0.717, 1.165) is 34.0 Å². The molecule has 0 aliphatic heterocycles. The Morgan fingerprint density at radius 2 is 1.84 bits per heavy atom. The van der Waals surface area contributed by atoms with Crippen molar-refractivity contribution >= 4 is 46.1 Å². The highest BCUT2D eigenvalue weighted by Gasteiger charge is 2.51. The van der Waals surface area contributed by atoms with Crippen LogP contribution >= 0.6 is 46.1 Å². The molecule has 0 radical (unpaired) electrons. The summed E-state index contributed by atoms with van der Waals surface area (Å²) >= 11 is 20.2. The van der Waals surface area contributed by atoms with Crippen LogP contribution in [0.15, 0.2) is 36.4 Å². The van der Waals surface area contributed by atoms with Gasteiger partial charge in [0.05, 0.1) is 16.1 Å². The number of benzene rings is 2. The van der Waals surface area contributed by atoms with Gasteiger partial charge in [-0.1, -0.05) is 40.9 Å². The molecule has 1 aromatic heterocycles. The number of thiazole rings is 1. The number of halogens is 4. The maximum atomic E-state index is 14.5. The lowest BCUT2D eigenvalue weighted by Gasteiger charge is -2.15. The fourth-order valence-electron chi connectivity index (χ4n) is 3.18. The Balaban J connectivity index is 1.83. The van der Waals surface area contributed by atoms with Gasteiger partial charge < -0.3 is 0 Å². The summed E-state index contributed by atoms with van der Waals surface area (Å²) in [4.78, 5) is 5.87. The van der Waals surface area contributed by atoms with Crippen molar-refractivity contribution in [1.82, 2.24) is 4.98 Å². The molecule has 0 spiro atoms. The number of aromatic nitrogens is 1. The zero-order valence-electron chi connectivity index (χ0n) is 13.2. The molecule has 3 aromatic rings. The molecule has 1 nitrogen and oxygen atoms in total. The molecular weight excluding hydrogens is 400 g/mol. The van der Waals surface area contributed by atoms with E-state index in [-0.39, 0.29) is 5.82 Å². The molecule has 0 atom stereocenters. The fourth-order valence-corrected chi connectivity index (χ4v) is 5.21. The third-order valence-corrected chi connectivity index (χ3v) is 6.62. The molecule has 1 saturated carbocycles. The Kier molecular flexibility index (Phi) is 4.32. The summed E-state index contributed by atoms with van der Waals surface area (Å²) in [5.41, 5.74) is 1.79. The molecule has 4 rings (SSSR count). The summed E-state index contributed by atoms with van der Waals surface area (Å²) < 4.78 is 14.5. The van der Waals surface area contributed by atoms with Crippen molar-refractivity contribution in [2.75, 3.05) is 0 Å². The quantitative estimate of drug-likeness (QED) is 0.440. The Morgan fingerprint density at radius 3 is 2.48 bits per heavy atom. The van der Waals surface area contributed by atoms with Crippen LogP contribution in [0.3, 0.4) is 0 Å². The molecule has 1 heterocycles. The van der Waals surface area contributed by atoms with Crippen LogP contribution in [0.1, 0.15) is 28.3 Å². The summed E-state index contributed by atoms with van der Waals surface area (Å²) in [6.07, 6.45) is 1.68. The van der Waals surface area contributed by atoms with E-state index >= 15 is 0 Å². The van der Waals surface area contributed by atoms with Crippen LogP contribution in [0.5, 0.6) is 0 Å². The molecule has 0 amide bonds. The molecule has 0 saturated heterocycles. The normalized spacial score (nSPS) is 15.4. The summed E-state index contributed by atoms with van der Waals surface area (Å²) in [7, 11) is 0. The number of hydrogen-bond acceptors (Lipinski definition) is 2. The smallest absolute Gasteiger partial charge is 0.128 e. The molecular formula is C19H13Cl3FNS.